The van der Waals surface area contributed by atoms with Gasteiger partial charge in [-0.1, -0.05) is 0 Å². The van der Waals surface area contributed by atoms with Crippen molar-refractivity contribution in [3.05, 3.63) is 24.2 Å². The van der Waals surface area contributed by atoms with E-state index >= 15 is 0 Å². The summed E-state index contributed by atoms with van der Waals surface area (Å²) >= 11 is 0. The van der Waals surface area contributed by atoms with E-state index in [0.717, 1.165) is 12.3 Å². The molecule has 16 heavy (non-hydrogen) atoms. The van der Waals surface area contributed by atoms with Crippen molar-refractivity contribution in [1.82, 2.24) is 10.6 Å². The Morgan fingerprint density at radius 3 is 3.06 bits per heavy atom. The van der Waals surface area contributed by atoms with E-state index in [1.54, 1.807) is 6.26 Å². The van der Waals surface area contributed by atoms with Gasteiger partial charge < -0.3 is 15.1 Å². The predicted octanol–water partition coefficient (Wildman–Crippen LogP) is 1.60. The average Bonchev–Trinajstić information content (AvgIpc) is 2.91. The Balaban J connectivity index is 1.65. The Morgan fingerprint density at radius 2 is 2.44 bits per heavy atom. The monoisotopic (exact) mass is 222 g/mol. The summed E-state index contributed by atoms with van der Waals surface area (Å²) in [6.07, 6.45) is 4.66. The molecule has 4 nitrogen and oxygen atoms in total. The molecule has 0 saturated heterocycles. The van der Waals surface area contributed by atoms with Crippen LogP contribution in [0.2, 0.25) is 0 Å². The summed E-state index contributed by atoms with van der Waals surface area (Å²) in [5.74, 6) is 0.862. The van der Waals surface area contributed by atoms with Crippen LogP contribution in [-0.4, -0.2) is 18.5 Å². The van der Waals surface area contributed by atoms with Gasteiger partial charge in [0.2, 0.25) is 5.91 Å². The molecule has 1 unspecified atom stereocenters. The summed E-state index contributed by atoms with van der Waals surface area (Å²) in [6.45, 7) is 2.69. The van der Waals surface area contributed by atoms with Gasteiger partial charge >= 0.3 is 0 Å². The highest BCUT2D eigenvalue weighted by molar-refractivity contribution is 5.76. The lowest BCUT2D eigenvalue weighted by Crippen LogP contribution is -2.30. The fourth-order valence-electron chi connectivity index (χ4n) is 1.60. The molecule has 0 aliphatic heterocycles. The van der Waals surface area contributed by atoms with E-state index in [1.807, 2.05) is 19.1 Å². The van der Waals surface area contributed by atoms with E-state index in [2.05, 4.69) is 10.6 Å². The Bertz CT molecular complexity index is 331. The largest absolute Gasteiger partial charge is 0.467 e. The minimum atomic E-state index is -0.0524. The summed E-state index contributed by atoms with van der Waals surface area (Å²) in [5, 5.41) is 6.21. The van der Waals surface area contributed by atoms with Gasteiger partial charge in [-0.25, -0.2) is 0 Å². The lowest BCUT2D eigenvalue weighted by Gasteiger charge is -2.11. The first kappa shape index (κ1) is 11.2. The first-order valence-electron chi connectivity index (χ1n) is 5.82. The molecule has 1 amide bonds. The van der Waals surface area contributed by atoms with Crippen molar-refractivity contribution in [2.24, 2.45) is 0 Å². The van der Waals surface area contributed by atoms with Crippen LogP contribution in [0.5, 0.6) is 0 Å². The SMILES string of the molecule is CC(NC(=O)CCNC1CC1)c1ccco1. The molecule has 0 spiro atoms. The molecule has 88 valence electrons. The van der Waals surface area contributed by atoms with Crippen LogP contribution >= 0.6 is 0 Å². The second kappa shape index (κ2) is 5.16. The van der Waals surface area contributed by atoms with Crippen molar-refractivity contribution >= 4 is 5.91 Å². The van der Waals surface area contributed by atoms with Gasteiger partial charge in [0.15, 0.2) is 0 Å². The third-order valence-electron chi connectivity index (χ3n) is 2.71. The normalized spacial score (nSPS) is 17.1. The summed E-state index contributed by atoms with van der Waals surface area (Å²) < 4.78 is 5.22. The number of carbonyl (C=O) groups is 1. The maximum absolute atomic E-state index is 11.6. The van der Waals surface area contributed by atoms with Gasteiger partial charge in [0.25, 0.3) is 0 Å². The minimum Gasteiger partial charge on any atom is -0.467 e. The molecule has 1 fully saturated rings. The zero-order valence-electron chi connectivity index (χ0n) is 9.53. The topological polar surface area (TPSA) is 54.3 Å². The molecule has 1 atom stereocenters. The highest BCUT2D eigenvalue weighted by Crippen LogP contribution is 2.18. The third kappa shape index (κ3) is 3.38. The van der Waals surface area contributed by atoms with Crippen LogP contribution in [0.3, 0.4) is 0 Å². The van der Waals surface area contributed by atoms with E-state index < -0.39 is 0 Å². The Hall–Kier alpha value is -1.29. The van der Waals surface area contributed by atoms with Crippen LogP contribution in [0, 0.1) is 0 Å². The van der Waals surface area contributed by atoms with Gasteiger partial charge in [0.1, 0.15) is 5.76 Å². The van der Waals surface area contributed by atoms with Crippen molar-refractivity contribution in [1.29, 1.82) is 0 Å². The Morgan fingerprint density at radius 1 is 1.62 bits per heavy atom. The summed E-state index contributed by atoms with van der Waals surface area (Å²) in [6, 6.07) is 4.30. The van der Waals surface area contributed by atoms with Crippen LogP contribution < -0.4 is 10.6 Å². The maximum atomic E-state index is 11.6. The molecule has 1 aromatic rings. The fourth-order valence-corrected chi connectivity index (χ4v) is 1.60. The van der Waals surface area contributed by atoms with Gasteiger partial charge in [-0.05, 0) is 31.9 Å². The molecule has 1 heterocycles. The van der Waals surface area contributed by atoms with E-state index in [9.17, 15) is 4.79 Å². The Kier molecular flexibility index (Phi) is 3.62. The standard InChI is InChI=1S/C12H18N2O2/c1-9(11-3-2-8-16-11)14-12(15)6-7-13-10-4-5-10/h2-3,8-10,13H,4-7H2,1H3,(H,14,15). The fraction of sp³-hybridized carbons (Fsp3) is 0.583. The molecule has 1 aromatic heterocycles. The van der Waals surface area contributed by atoms with Crippen molar-refractivity contribution in [3.8, 4) is 0 Å². The van der Waals surface area contributed by atoms with Gasteiger partial charge in [0, 0.05) is 19.0 Å². The molecule has 1 saturated carbocycles. The maximum Gasteiger partial charge on any atom is 0.221 e. The number of carbonyl (C=O) groups excluding carboxylic acids is 1. The molecular weight excluding hydrogens is 204 g/mol. The summed E-state index contributed by atoms with van der Waals surface area (Å²) in [7, 11) is 0. The Labute approximate surface area is 95.4 Å². The molecule has 2 rings (SSSR count). The molecule has 0 aromatic carbocycles. The molecule has 2 N–H and O–H groups in total. The van der Waals surface area contributed by atoms with Crippen LogP contribution in [-0.2, 0) is 4.79 Å². The third-order valence-corrected chi connectivity index (χ3v) is 2.71. The average molecular weight is 222 g/mol. The van der Waals surface area contributed by atoms with Gasteiger partial charge in [0.05, 0.1) is 12.3 Å². The number of furan rings is 1. The zero-order chi connectivity index (χ0) is 11.4. The van der Waals surface area contributed by atoms with Crippen LogP contribution in [0.25, 0.3) is 0 Å². The van der Waals surface area contributed by atoms with Crippen LogP contribution in [0.15, 0.2) is 22.8 Å². The summed E-state index contributed by atoms with van der Waals surface area (Å²) in [5.41, 5.74) is 0. The highest BCUT2D eigenvalue weighted by atomic mass is 16.3. The van der Waals surface area contributed by atoms with E-state index in [-0.39, 0.29) is 11.9 Å². The first-order valence-corrected chi connectivity index (χ1v) is 5.82. The van der Waals surface area contributed by atoms with Crippen LogP contribution in [0.1, 0.15) is 38.0 Å². The van der Waals surface area contributed by atoms with Crippen LogP contribution in [0.4, 0.5) is 0 Å². The smallest absolute Gasteiger partial charge is 0.221 e. The van der Waals surface area contributed by atoms with Gasteiger partial charge in [-0.15, -0.1) is 0 Å². The number of amides is 1. The van der Waals surface area contributed by atoms with Crippen molar-refractivity contribution in [2.75, 3.05) is 6.54 Å². The van der Waals surface area contributed by atoms with E-state index in [0.29, 0.717) is 12.5 Å². The molecule has 0 radical (unpaired) electrons. The van der Waals surface area contributed by atoms with Crippen molar-refractivity contribution in [3.63, 3.8) is 0 Å². The summed E-state index contributed by atoms with van der Waals surface area (Å²) in [4.78, 5) is 11.6. The number of nitrogens with one attached hydrogen (secondary N) is 2. The molecule has 4 heteroatoms. The lowest BCUT2D eigenvalue weighted by atomic mass is 10.2. The first-order chi connectivity index (χ1) is 7.75. The number of rotatable bonds is 6. The number of hydrogen-bond acceptors (Lipinski definition) is 3. The van der Waals surface area contributed by atoms with E-state index in [1.165, 1.54) is 12.8 Å². The quantitative estimate of drug-likeness (QED) is 0.768. The zero-order valence-corrected chi connectivity index (χ0v) is 9.53. The molecule has 1 aliphatic carbocycles. The second-order valence-corrected chi connectivity index (χ2v) is 4.28. The number of hydrogen-bond donors (Lipinski definition) is 2. The molecule has 0 bridgehead atoms. The van der Waals surface area contributed by atoms with Crippen molar-refractivity contribution in [2.45, 2.75) is 38.3 Å². The minimum absolute atomic E-state index is 0.0524. The molecule has 1 aliphatic rings. The second-order valence-electron chi connectivity index (χ2n) is 4.28. The molecular formula is C12H18N2O2. The van der Waals surface area contributed by atoms with E-state index in [4.69, 9.17) is 4.42 Å². The predicted molar refractivity (Wildman–Crippen MR) is 60.9 cm³/mol. The highest BCUT2D eigenvalue weighted by Gasteiger charge is 2.20. The van der Waals surface area contributed by atoms with Crippen molar-refractivity contribution < 1.29 is 9.21 Å². The van der Waals surface area contributed by atoms with Gasteiger partial charge in [-0.2, -0.15) is 0 Å². The van der Waals surface area contributed by atoms with Gasteiger partial charge in [-0.3, -0.25) is 4.79 Å². The lowest BCUT2D eigenvalue weighted by molar-refractivity contribution is -0.121.